The third-order valence-electron chi connectivity index (χ3n) is 4.18. The smallest absolute Gasteiger partial charge is 0.0659 e. The number of aliphatic imine (C=N–C) groups is 1. The van der Waals surface area contributed by atoms with Crippen molar-refractivity contribution in [3.8, 4) is 0 Å². The Hall–Kier alpha value is -2.68. The summed E-state index contributed by atoms with van der Waals surface area (Å²) in [5.41, 5.74) is 6.05. The Balaban J connectivity index is 0.000000815. The van der Waals surface area contributed by atoms with Crippen LogP contribution < -0.4 is 0 Å². The van der Waals surface area contributed by atoms with E-state index >= 15 is 0 Å². The second-order valence-corrected chi connectivity index (χ2v) is 5.72. The summed E-state index contributed by atoms with van der Waals surface area (Å²) in [4.78, 5) is 4.59. The normalized spacial score (nSPS) is 18.1. The Bertz CT molecular complexity index is 820. The first-order valence-electron chi connectivity index (χ1n) is 8.51. The molecule has 3 nitrogen and oxygen atoms in total. The van der Waals surface area contributed by atoms with E-state index in [1.54, 1.807) is 0 Å². The third kappa shape index (κ3) is 3.16. The molecular weight excluding hydrogens is 294 g/mol. The van der Waals surface area contributed by atoms with Crippen LogP contribution in [0, 0.1) is 5.92 Å². The first-order valence-corrected chi connectivity index (χ1v) is 8.51. The number of fused-ring (bicyclic) bond motifs is 1. The number of hydrogen-bond acceptors (Lipinski definition) is 2. The number of nitrogens with zero attached hydrogens (tertiary/aromatic N) is 3. The highest BCUT2D eigenvalue weighted by Gasteiger charge is 2.26. The van der Waals surface area contributed by atoms with Gasteiger partial charge < -0.3 is 0 Å². The highest BCUT2D eigenvalue weighted by atomic mass is 15.3. The average Bonchev–Trinajstić information content (AvgIpc) is 3.25. The Morgan fingerprint density at radius 3 is 2.71 bits per heavy atom. The number of rotatable bonds is 3. The minimum absolute atomic E-state index is 0.277. The number of hydrogen-bond donors (Lipinski definition) is 0. The molecule has 0 bridgehead atoms. The van der Waals surface area contributed by atoms with Gasteiger partial charge in [-0.15, -0.1) is 0 Å². The molecule has 0 fully saturated rings. The van der Waals surface area contributed by atoms with E-state index < -0.39 is 0 Å². The average molecular weight is 317 g/mol. The van der Waals surface area contributed by atoms with Crippen molar-refractivity contribution in [3.05, 3.63) is 83.9 Å². The van der Waals surface area contributed by atoms with Crippen LogP contribution in [0.3, 0.4) is 0 Å². The molecular formula is C21H23N3. The molecule has 4 rings (SSSR count). The molecule has 0 N–H and O–H groups in total. The van der Waals surface area contributed by atoms with Gasteiger partial charge in [-0.3, -0.25) is 9.67 Å². The Labute approximate surface area is 143 Å². The van der Waals surface area contributed by atoms with Gasteiger partial charge in [0.25, 0.3) is 0 Å². The molecule has 1 aromatic carbocycles. The Morgan fingerprint density at radius 2 is 1.92 bits per heavy atom. The summed E-state index contributed by atoms with van der Waals surface area (Å²) in [6.07, 6.45) is 12.5. The maximum Gasteiger partial charge on any atom is 0.0659 e. The van der Waals surface area contributed by atoms with E-state index in [0.29, 0.717) is 0 Å². The van der Waals surface area contributed by atoms with Crippen LogP contribution in [-0.2, 0) is 6.54 Å². The van der Waals surface area contributed by atoms with Crippen LogP contribution in [0.4, 0.5) is 0 Å². The van der Waals surface area contributed by atoms with E-state index in [4.69, 9.17) is 0 Å². The zero-order valence-electron chi connectivity index (χ0n) is 14.5. The fourth-order valence-electron chi connectivity index (χ4n) is 3.01. The zero-order chi connectivity index (χ0) is 16.9. The van der Waals surface area contributed by atoms with E-state index in [1.807, 2.05) is 37.0 Å². The van der Waals surface area contributed by atoms with Gasteiger partial charge in [-0.05, 0) is 23.6 Å². The molecule has 1 aliphatic heterocycles. The van der Waals surface area contributed by atoms with Gasteiger partial charge in [0.15, 0.2) is 0 Å². The summed E-state index contributed by atoms with van der Waals surface area (Å²) in [7, 11) is 0. The van der Waals surface area contributed by atoms with Crippen LogP contribution >= 0.6 is 0 Å². The van der Waals surface area contributed by atoms with Gasteiger partial charge in [0.05, 0.1) is 18.5 Å². The number of aromatic nitrogens is 2. The molecule has 0 radical (unpaired) electrons. The van der Waals surface area contributed by atoms with Gasteiger partial charge in [-0.2, -0.15) is 5.10 Å². The first-order chi connectivity index (χ1) is 11.8. The lowest BCUT2D eigenvalue weighted by molar-refractivity contribution is 0.687. The summed E-state index contributed by atoms with van der Waals surface area (Å²) in [5, 5.41) is 4.50. The minimum atomic E-state index is 0.277. The van der Waals surface area contributed by atoms with Crippen molar-refractivity contribution in [2.75, 3.05) is 0 Å². The first kappa shape index (κ1) is 16.2. The molecule has 0 spiro atoms. The number of allylic oxidation sites excluding steroid dienone is 5. The molecule has 2 aliphatic rings. The lowest BCUT2D eigenvalue weighted by atomic mass is 9.86. The molecule has 122 valence electrons. The summed E-state index contributed by atoms with van der Waals surface area (Å²) in [6, 6.07) is 10.4. The van der Waals surface area contributed by atoms with Crippen LogP contribution in [0.5, 0.6) is 0 Å². The lowest BCUT2D eigenvalue weighted by Gasteiger charge is -2.16. The molecule has 0 saturated carbocycles. The second-order valence-electron chi connectivity index (χ2n) is 5.72. The highest BCUT2D eigenvalue weighted by Crippen LogP contribution is 2.34. The number of benzene rings is 1. The zero-order valence-corrected chi connectivity index (χ0v) is 14.5. The van der Waals surface area contributed by atoms with Crippen molar-refractivity contribution in [1.29, 1.82) is 0 Å². The van der Waals surface area contributed by atoms with Crippen molar-refractivity contribution in [2.24, 2.45) is 10.9 Å². The van der Waals surface area contributed by atoms with Crippen LogP contribution in [0.15, 0.2) is 77.7 Å². The summed E-state index contributed by atoms with van der Waals surface area (Å²) >= 11 is 0. The standard InChI is InChI=1S/C19H17N3.C2H6/c1-14-6-5-9-17-18(11-20-19(14)17)16-10-21-22(13-16)12-15-7-3-2-4-8-15;1-2/h2-11,13,17H,12H2,1H3;1-2H3. The van der Waals surface area contributed by atoms with Crippen molar-refractivity contribution in [1.82, 2.24) is 9.78 Å². The van der Waals surface area contributed by atoms with E-state index in [-0.39, 0.29) is 5.92 Å². The van der Waals surface area contributed by atoms with Crippen LogP contribution in [0.2, 0.25) is 0 Å². The van der Waals surface area contributed by atoms with Gasteiger partial charge in [-0.25, -0.2) is 0 Å². The van der Waals surface area contributed by atoms with E-state index in [0.717, 1.165) is 17.8 Å². The molecule has 1 aliphatic carbocycles. The molecule has 2 heterocycles. The van der Waals surface area contributed by atoms with Crippen molar-refractivity contribution in [2.45, 2.75) is 27.3 Å². The maximum absolute atomic E-state index is 4.59. The predicted octanol–water partition coefficient (Wildman–Crippen LogP) is 4.89. The van der Waals surface area contributed by atoms with Crippen molar-refractivity contribution in [3.63, 3.8) is 0 Å². The van der Waals surface area contributed by atoms with Crippen LogP contribution in [-0.4, -0.2) is 15.5 Å². The summed E-state index contributed by atoms with van der Waals surface area (Å²) < 4.78 is 1.98. The predicted molar refractivity (Wildman–Crippen MR) is 101 cm³/mol. The SMILES string of the molecule is CC.CC1=CC=CC2C(c3cnn(Cc4ccccc4)c3)=CN=C12. The van der Waals surface area contributed by atoms with Crippen LogP contribution in [0.1, 0.15) is 31.9 Å². The van der Waals surface area contributed by atoms with E-state index in [9.17, 15) is 0 Å². The molecule has 2 aromatic rings. The molecule has 3 heteroatoms. The maximum atomic E-state index is 4.59. The fraction of sp³-hybridized carbons (Fsp3) is 0.238. The third-order valence-corrected chi connectivity index (χ3v) is 4.18. The molecule has 1 unspecified atom stereocenters. The van der Waals surface area contributed by atoms with Crippen molar-refractivity contribution < 1.29 is 0 Å². The molecule has 1 atom stereocenters. The monoisotopic (exact) mass is 317 g/mol. The summed E-state index contributed by atoms with van der Waals surface area (Å²) in [6.45, 7) is 6.91. The van der Waals surface area contributed by atoms with Gasteiger partial charge in [0.2, 0.25) is 0 Å². The molecule has 0 amide bonds. The molecule has 0 saturated heterocycles. The largest absolute Gasteiger partial charge is 0.268 e. The van der Waals surface area contributed by atoms with E-state index in [1.165, 1.54) is 16.7 Å². The van der Waals surface area contributed by atoms with Gasteiger partial charge >= 0.3 is 0 Å². The van der Waals surface area contributed by atoms with Gasteiger partial charge in [0, 0.05) is 23.9 Å². The quantitative estimate of drug-likeness (QED) is 0.793. The Morgan fingerprint density at radius 1 is 1.12 bits per heavy atom. The summed E-state index contributed by atoms with van der Waals surface area (Å²) in [5.74, 6) is 0.277. The van der Waals surface area contributed by atoms with Crippen LogP contribution in [0.25, 0.3) is 5.57 Å². The van der Waals surface area contributed by atoms with E-state index in [2.05, 4.69) is 65.7 Å². The second kappa shape index (κ2) is 7.26. The lowest BCUT2D eigenvalue weighted by Crippen LogP contribution is -2.13. The fourth-order valence-corrected chi connectivity index (χ4v) is 3.01. The molecule has 1 aromatic heterocycles. The van der Waals surface area contributed by atoms with Gasteiger partial charge in [0.1, 0.15) is 0 Å². The molecule has 24 heavy (non-hydrogen) atoms. The topological polar surface area (TPSA) is 30.2 Å². The minimum Gasteiger partial charge on any atom is -0.268 e. The highest BCUT2D eigenvalue weighted by molar-refractivity contribution is 6.12. The van der Waals surface area contributed by atoms with Crippen molar-refractivity contribution >= 4 is 11.3 Å². The Kier molecular flexibility index (Phi) is 4.90. The van der Waals surface area contributed by atoms with Gasteiger partial charge in [-0.1, -0.05) is 62.4 Å².